The lowest BCUT2D eigenvalue weighted by molar-refractivity contribution is -0.131. The summed E-state index contributed by atoms with van der Waals surface area (Å²) in [5.74, 6) is -1.02. The third kappa shape index (κ3) is 5.78. The standard InChI is InChI=1S/C16H18N2O3/c1-3-10-18(11-4-2)16(21)17-14-7-5-6-13(12-14)8-9-15(19)20/h3-9,12H,1-2,10-11H2,(H,17,21)(H,19,20)/b9-8+. The second-order valence-electron chi connectivity index (χ2n) is 4.21. The molecule has 1 aromatic rings. The highest BCUT2D eigenvalue weighted by molar-refractivity contribution is 5.90. The van der Waals surface area contributed by atoms with Gasteiger partial charge in [-0.2, -0.15) is 0 Å². The minimum Gasteiger partial charge on any atom is -0.478 e. The summed E-state index contributed by atoms with van der Waals surface area (Å²) in [5, 5.41) is 11.3. The van der Waals surface area contributed by atoms with Crippen LogP contribution >= 0.6 is 0 Å². The fourth-order valence-corrected chi connectivity index (χ4v) is 1.64. The summed E-state index contributed by atoms with van der Waals surface area (Å²) in [6, 6.07) is 6.64. The van der Waals surface area contributed by atoms with Crippen LogP contribution in [0.3, 0.4) is 0 Å². The molecule has 0 aliphatic rings. The molecule has 0 saturated carbocycles. The minimum absolute atomic E-state index is 0.269. The van der Waals surface area contributed by atoms with Crippen molar-refractivity contribution in [1.82, 2.24) is 4.90 Å². The zero-order chi connectivity index (χ0) is 15.7. The number of urea groups is 1. The summed E-state index contributed by atoms with van der Waals surface area (Å²) in [6.45, 7) is 8.04. The van der Waals surface area contributed by atoms with E-state index in [1.54, 1.807) is 41.3 Å². The van der Waals surface area contributed by atoms with Gasteiger partial charge < -0.3 is 15.3 Å². The molecule has 0 unspecified atom stereocenters. The average Bonchev–Trinajstić information content (AvgIpc) is 2.45. The lowest BCUT2D eigenvalue weighted by atomic mass is 10.2. The largest absolute Gasteiger partial charge is 0.478 e. The molecular formula is C16H18N2O3. The summed E-state index contributed by atoms with van der Waals surface area (Å²) in [6.07, 6.45) is 5.77. The third-order valence-corrected chi connectivity index (χ3v) is 2.54. The number of hydrogen-bond donors (Lipinski definition) is 2. The van der Waals surface area contributed by atoms with Gasteiger partial charge in [0.25, 0.3) is 0 Å². The Labute approximate surface area is 123 Å². The van der Waals surface area contributed by atoms with Crippen LogP contribution in [0.25, 0.3) is 6.08 Å². The molecule has 0 aromatic heterocycles. The molecule has 1 aromatic carbocycles. The summed E-state index contributed by atoms with van der Waals surface area (Å²) in [5.41, 5.74) is 1.28. The van der Waals surface area contributed by atoms with Crippen molar-refractivity contribution in [3.8, 4) is 0 Å². The van der Waals surface area contributed by atoms with Crippen LogP contribution < -0.4 is 5.32 Å². The summed E-state index contributed by atoms with van der Waals surface area (Å²) < 4.78 is 0. The number of nitrogens with zero attached hydrogens (tertiary/aromatic N) is 1. The molecule has 0 aliphatic carbocycles. The van der Waals surface area contributed by atoms with E-state index < -0.39 is 5.97 Å². The Morgan fingerprint density at radius 2 is 1.90 bits per heavy atom. The lowest BCUT2D eigenvalue weighted by Gasteiger charge is -2.19. The van der Waals surface area contributed by atoms with E-state index in [1.807, 2.05) is 0 Å². The molecule has 2 N–H and O–H groups in total. The van der Waals surface area contributed by atoms with E-state index in [0.717, 1.165) is 6.08 Å². The number of nitrogens with one attached hydrogen (secondary N) is 1. The molecule has 110 valence electrons. The van der Waals surface area contributed by atoms with Crippen molar-refractivity contribution in [2.45, 2.75) is 0 Å². The highest BCUT2D eigenvalue weighted by Crippen LogP contribution is 2.13. The topological polar surface area (TPSA) is 69.6 Å². The molecule has 0 spiro atoms. The Hall–Kier alpha value is -2.82. The summed E-state index contributed by atoms with van der Waals surface area (Å²) >= 11 is 0. The van der Waals surface area contributed by atoms with Gasteiger partial charge in [-0.15, -0.1) is 13.2 Å². The Kier molecular flexibility index (Phi) is 6.47. The number of anilines is 1. The first-order valence-electron chi connectivity index (χ1n) is 6.35. The quantitative estimate of drug-likeness (QED) is 0.598. The smallest absolute Gasteiger partial charge is 0.328 e. The van der Waals surface area contributed by atoms with Crippen molar-refractivity contribution >= 4 is 23.8 Å². The zero-order valence-corrected chi connectivity index (χ0v) is 11.7. The summed E-state index contributed by atoms with van der Waals surface area (Å²) in [7, 11) is 0. The highest BCUT2D eigenvalue weighted by Gasteiger charge is 2.10. The molecule has 21 heavy (non-hydrogen) atoms. The average molecular weight is 286 g/mol. The van der Waals surface area contributed by atoms with Crippen LogP contribution in [0.5, 0.6) is 0 Å². The monoisotopic (exact) mass is 286 g/mol. The molecule has 0 aliphatic heterocycles. The maximum atomic E-state index is 12.1. The molecule has 1 rings (SSSR count). The van der Waals surface area contributed by atoms with E-state index in [1.165, 1.54) is 6.08 Å². The Morgan fingerprint density at radius 1 is 1.24 bits per heavy atom. The molecule has 0 atom stereocenters. The molecule has 0 heterocycles. The Balaban J connectivity index is 2.79. The van der Waals surface area contributed by atoms with Crippen molar-refractivity contribution < 1.29 is 14.7 Å². The highest BCUT2D eigenvalue weighted by atomic mass is 16.4. The van der Waals surface area contributed by atoms with Crippen molar-refractivity contribution in [2.75, 3.05) is 18.4 Å². The molecule has 0 saturated heterocycles. The lowest BCUT2D eigenvalue weighted by Crippen LogP contribution is -2.35. The van der Waals surface area contributed by atoms with Gasteiger partial charge in [0, 0.05) is 24.9 Å². The van der Waals surface area contributed by atoms with E-state index >= 15 is 0 Å². The SMILES string of the molecule is C=CCN(CC=C)C(=O)Nc1cccc(/C=C/C(=O)O)c1. The van der Waals surface area contributed by atoms with E-state index in [4.69, 9.17) is 5.11 Å². The number of carboxylic acids is 1. The number of carboxylic acid groups (broad SMARTS) is 1. The van der Waals surface area contributed by atoms with Gasteiger partial charge in [-0.1, -0.05) is 24.3 Å². The van der Waals surface area contributed by atoms with Gasteiger partial charge in [-0.25, -0.2) is 9.59 Å². The second-order valence-corrected chi connectivity index (χ2v) is 4.21. The van der Waals surface area contributed by atoms with Crippen LogP contribution in [0.15, 0.2) is 55.7 Å². The third-order valence-electron chi connectivity index (χ3n) is 2.54. The molecule has 5 heteroatoms. The first-order chi connectivity index (χ1) is 10.1. The number of carbonyl (C=O) groups excluding carboxylic acids is 1. The molecule has 0 fully saturated rings. The number of hydrogen-bond acceptors (Lipinski definition) is 2. The van der Waals surface area contributed by atoms with Crippen LogP contribution in [-0.2, 0) is 4.79 Å². The van der Waals surface area contributed by atoms with Gasteiger partial charge in [-0.05, 0) is 23.8 Å². The van der Waals surface area contributed by atoms with Gasteiger partial charge in [0.05, 0.1) is 0 Å². The minimum atomic E-state index is -1.02. The number of carbonyl (C=O) groups is 2. The predicted octanol–water partition coefficient (Wildman–Crippen LogP) is 2.99. The molecule has 0 radical (unpaired) electrons. The number of rotatable bonds is 7. The normalized spacial score (nSPS) is 10.1. The van der Waals surface area contributed by atoms with Gasteiger partial charge in [0.1, 0.15) is 0 Å². The van der Waals surface area contributed by atoms with Crippen molar-refractivity contribution in [3.63, 3.8) is 0 Å². The number of amides is 2. The predicted molar refractivity (Wildman–Crippen MR) is 84.1 cm³/mol. The van der Waals surface area contributed by atoms with Crippen molar-refractivity contribution in [3.05, 3.63) is 61.2 Å². The van der Waals surface area contributed by atoms with Gasteiger partial charge in [0.2, 0.25) is 0 Å². The first-order valence-corrected chi connectivity index (χ1v) is 6.35. The maximum absolute atomic E-state index is 12.1. The van der Waals surface area contributed by atoms with E-state index in [2.05, 4.69) is 18.5 Å². The maximum Gasteiger partial charge on any atom is 0.328 e. The molecule has 0 bridgehead atoms. The van der Waals surface area contributed by atoms with Crippen LogP contribution in [-0.4, -0.2) is 35.1 Å². The van der Waals surface area contributed by atoms with Crippen molar-refractivity contribution in [2.24, 2.45) is 0 Å². The van der Waals surface area contributed by atoms with Crippen LogP contribution in [0, 0.1) is 0 Å². The second kappa shape index (κ2) is 8.37. The Bertz CT molecular complexity index is 554. The fraction of sp³-hybridized carbons (Fsp3) is 0.125. The van der Waals surface area contributed by atoms with Crippen molar-refractivity contribution in [1.29, 1.82) is 0 Å². The van der Waals surface area contributed by atoms with Crippen LogP contribution in [0.1, 0.15) is 5.56 Å². The van der Waals surface area contributed by atoms with Gasteiger partial charge in [-0.3, -0.25) is 0 Å². The van der Waals surface area contributed by atoms with Crippen LogP contribution in [0.2, 0.25) is 0 Å². The van der Waals surface area contributed by atoms with E-state index in [9.17, 15) is 9.59 Å². The van der Waals surface area contributed by atoms with E-state index in [0.29, 0.717) is 24.3 Å². The Morgan fingerprint density at radius 3 is 2.48 bits per heavy atom. The fourth-order valence-electron chi connectivity index (χ4n) is 1.64. The van der Waals surface area contributed by atoms with Crippen LogP contribution in [0.4, 0.5) is 10.5 Å². The summed E-state index contributed by atoms with van der Waals surface area (Å²) in [4.78, 5) is 24.1. The first kappa shape index (κ1) is 16.2. The zero-order valence-electron chi connectivity index (χ0n) is 11.7. The van der Waals surface area contributed by atoms with Gasteiger partial charge in [0.15, 0.2) is 0 Å². The number of aliphatic carboxylic acids is 1. The number of benzene rings is 1. The van der Waals surface area contributed by atoms with E-state index in [-0.39, 0.29) is 6.03 Å². The molecule has 2 amide bonds. The molecule has 5 nitrogen and oxygen atoms in total. The van der Waals surface area contributed by atoms with Gasteiger partial charge >= 0.3 is 12.0 Å². The molecular weight excluding hydrogens is 268 g/mol.